The molecule has 0 fully saturated rings. The number of benzene rings is 2. The molecule has 1 amide bonds. The van der Waals surface area contributed by atoms with Gasteiger partial charge in [0.25, 0.3) is 5.91 Å². The molecule has 0 saturated carbocycles. The van der Waals surface area contributed by atoms with Gasteiger partial charge in [-0.2, -0.15) is 5.10 Å². The Bertz CT molecular complexity index is 829. The molecule has 5 nitrogen and oxygen atoms in total. The third kappa shape index (κ3) is 4.07. The van der Waals surface area contributed by atoms with Gasteiger partial charge < -0.3 is 10.1 Å². The van der Waals surface area contributed by atoms with Gasteiger partial charge in [0.1, 0.15) is 12.4 Å². The molecule has 1 atom stereocenters. The lowest BCUT2D eigenvalue weighted by Crippen LogP contribution is -2.32. The van der Waals surface area contributed by atoms with Gasteiger partial charge in [0.15, 0.2) is 0 Å². The average Bonchev–Trinajstić information content (AvgIpc) is 2.99. The van der Waals surface area contributed by atoms with Crippen LogP contribution in [0.25, 0.3) is 0 Å². The molecule has 1 aromatic heterocycles. The predicted molar refractivity (Wildman–Crippen MR) is 96.5 cm³/mol. The molecule has 0 spiro atoms. The lowest BCUT2D eigenvalue weighted by molar-refractivity contribution is 0.0920. The van der Waals surface area contributed by atoms with Gasteiger partial charge in [0, 0.05) is 12.7 Å². The van der Waals surface area contributed by atoms with Gasteiger partial charge in [-0.1, -0.05) is 48.5 Å². The van der Waals surface area contributed by atoms with Crippen molar-refractivity contribution in [3.63, 3.8) is 0 Å². The molecule has 0 aliphatic carbocycles. The minimum Gasteiger partial charge on any atom is -0.491 e. The molecule has 0 bridgehead atoms. The van der Waals surface area contributed by atoms with Crippen molar-refractivity contribution >= 4 is 5.91 Å². The molecule has 3 aromatic rings. The molecular formula is C20H21N3O2. The van der Waals surface area contributed by atoms with Crippen LogP contribution in [-0.2, 0) is 7.05 Å². The van der Waals surface area contributed by atoms with Crippen LogP contribution in [0.15, 0.2) is 66.9 Å². The molecule has 0 aliphatic heterocycles. The van der Waals surface area contributed by atoms with Gasteiger partial charge in [0.05, 0.1) is 17.8 Å². The Morgan fingerprint density at radius 3 is 2.36 bits per heavy atom. The number of rotatable bonds is 6. The highest BCUT2D eigenvalue weighted by Crippen LogP contribution is 2.17. The van der Waals surface area contributed by atoms with E-state index >= 15 is 0 Å². The summed E-state index contributed by atoms with van der Waals surface area (Å²) in [6.45, 7) is 2.22. The second-order valence-corrected chi connectivity index (χ2v) is 5.83. The lowest BCUT2D eigenvalue weighted by Gasteiger charge is -2.20. The quantitative estimate of drug-likeness (QED) is 0.752. The molecule has 1 heterocycles. The first-order valence-electron chi connectivity index (χ1n) is 8.17. The summed E-state index contributed by atoms with van der Waals surface area (Å²) in [6.07, 6.45) is 1.59. The van der Waals surface area contributed by atoms with E-state index in [4.69, 9.17) is 4.74 Å². The van der Waals surface area contributed by atoms with E-state index in [-0.39, 0.29) is 11.9 Å². The number of nitrogens with one attached hydrogen (secondary N) is 1. The lowest BCUT2D eigenvalue weighted by atomic mass is 10.1. The Morgan fingerprint density at radius 1 is 1.12 bits per heavy atom. The zero-order valence-electron chi connectivity index (χ0n) is 14.3. The van der Waals surface area contributed by atoms with Crippen LogP contribution < -0.4 is 10.1 Å². The van der Waals surface area contributed by atoms with E-state index in [0.717, 1.165) is 17.0 Å². The van der Waals surface area contributed by atoms with E-state index in [1.165, 1.54) is 0 Å². The van der Waals surface area contributed by atoms with E-state index in [2.05, 4.69) is 10.4 Å². The van der Waals surface area contributed by atoms with Crippen LogP contribution >= 0.6 is 0 Å². The summed E-state index contributed by atoms with van der Waals surface area (Å²) in [7, 11) is 1.82. The Labute approximate surface area is 147 Å². The van der Waals surface area contributed by atoms with Crippen molar-refractivity contribution in [1.82, 2.24) is 15.1 Å². The molecule has 0 radical (unpaired) electrons. The number of para-hydroxylation sites is 1. The topological polar surface area (TPSA) is 56.1 Å². The smallest absolute Gasteiger partial charge is 0.255 e. The first-order chi connectivity index (χ1) is 12.1. The SMILES string of the molecule is Cc1c(C(=O)N[C@@H](COc2ccccc2)c2ccccc2)cnn1C. The van der Waals surface area contributed by atoms with E-state index in [1.807, 2.05) is 74.6 Å². The third-order valence-electron chi connectivity index (χ3n) is 4.15. The van der Waals surface area contributed by atoms with Gasteiger partial charge in [0.2, 0.25) is 0 Å². The molecule has 2 aromatic carbocycles. The van der Waals surface area contributed by atoms with E-state index in [0.29, 0.717) is 12.2 Å². The predicted octanol–water partition coefficient (Wildman–Crippen LogP) is 3.28. The number of aromatic nitrogens is 2. The number of aryl methyl sites for hydroxylation is 1. The second-order valence-electron chi connectivity index (χ2n) is 5.83. The van der Waals surface area contributed by atoms with Gasteiger partial charge in [-0.15, -0.1) is 0 Å². The van der Waals surface area contributed by atoms with Crippen molar-refractivity contribution in [3.8, 4) is 5.75 Å². The van der Waals surface area contributed by atoms with Crippen LogP contribution in [0.3, 0.4) is 0 Å². The minimum atomic E-state index is -0.256. The maximum absolute atomic E-state index is 12.7. The zero-order valence-corrected chi connectivity index (χ0v) is 14.3. The molecule has 128 valence electrons. The second kappa shape index (κ2) is 7.66. The monoisotopic (exact) mass is 335 g/mol. The standard InChI is InChI=1S/C20H21N3O2/c1-15-18(13-21-23(15)2)20(24)22-19(16-9-5-3-6-10-16)14-25-17-11-7-4-8-12-17/h3-13,19H,14H2,1-2H3,(H,22,24)/t19-/m0/s1. The molecule has 3 rings (SSSR count). The highest BCUT2D eigenvalue weighted by atomic mass is 16.5. The fourth-order valence-electron chi connectivity index (χ4n) is 2.56. The highest BCUT2D eigenvalue weighted by molar-refractivity contribution is 5.95. The van der Waals surface area contributed by atoms with Crippen LogP contribution in [0.5, 0.6) is 5.75 Å². The number of hydrogen-bond donors (Lipinski definition) is 1. The summed E-state index contributed by atoms with van der Waals surface area (Å²) in [4.78, 5) is 12.7. The Balaban J connectivity index is 1.77. The van der Waals surface area contributed by atoms with Crippen LogP contribution in [-0.4, -0.2) is 22.3 Å². The van der Waals surface area contributed by atoms with Crippen molar-refractivity contribution in [1.29, 1.82) is 0 Å². The molecule has 0 aliphatic rings. The number of ether oxygens (including phenoxy) is 1. The van der Waals surface area contributed by atoms with Crippen molar-refractivity contribution < 1.29 is 9.53 Å². The molecule has 5 heteroatoms. The molecule has 0 saturated heterocycles. The maximum Gasteiger partial charge on any atom is 0.255 e. The Hall–Kier alpha value is -3.08. The molecular weight excluding hydrogens is 314 g/mol. The normalized spacial score (nSPS) is 11.8. The van der Waals surface area contributed by atoms with E-state index < -0.39 is 0 Å². The van der Waals surface area contributed by atoms with Crippen LogP contribution in [0, 0.1) is 6.92 Å². The van der Waals surface area contributed by atoms with Crippen LogP contribution in [0.1, 0.15) is 27.7 Å². The average molecular weight is 335 g/mol. The fraction of sp³-hybridized carbons (Fsp3) is 0.200. The largest absolute Gasteiger partial charge is 0.491 e. The summed E-state index contributed by atoms with van der Waals surface area (Å²) in [5, 5.41) is 7.19. The number of nitrogens with zero attached hydrogens (tertiary/aromatic N) is 2. The van der Waals surface area contributed by atoms with Gasteiger partial charge >= 0.3 is 0 Å². The number of amides is 1. The molecule has 1 N–H and O–H groups in total. The molecule has 0 unspecified atom stereocenters. The summed E-state index contributed by atoms with van der Waals surface area (Å²) in [5.41, 5.74) is 2.39. The van der Waals surface area contributed by atoms with Gasteiger partial charge in [-0.05, 0) is 24.6 Å². The first-order valence-corrected chi connectivity index (χ1v) is 8.17. The maximum atomic E-state index is 12.7. The van der Waals surface area contributed by atoms with Crippen LogP contribution in [0.4, 0.5) is 0 Å². The van der Waals surface area contributed by atoms with Crippen molar-refractivity contribution in [2.24, 2.45) is 7.05 Å². The van der Waals surface area contributed by atoms with Crippen LogP contribution in [0.2, 0.25) is 0 Å². The molecule has 25 heavy (non-hydrogen) atoms. The first kappa shape index (κ1) is 16.8. The van der Waals surface area contributed by atoms with E-state index in [9.17, 15) is 4.79 Å². The van der Waals surface area contributed by atoms with Gasteiger partial charge in [-0.3, -0.25) is 9.48 Å². The Morgan fingerprint density at radius 2 is 1.76 bits per heavy atom. The van der Waals surface area contributed by atoms with E-state index in [1.54, 1.807) is 10.9 Å². The van der Waals surface area contributed by atoms with Crippen molar-refractivity contribution in [2.75, 3.05) is 6.61 Å². The summed E-state index contributed by atoms with van der Waals surface area (Å²) in [6, 6.07) is 19.1. The summed E-state index contributed by atoms with van der Waals surface area (Å²) >= 11 is 0. The number of carbonyl (C=O) groups excluding carboxylic acids is 1. The highest BCUT2D eigenvalue weighted by Gasteiger charge is 2.19. The van der Waals surface area contributed by atoms with Crippen molar-refractivity contribution in [3.05, 3.63) is 83.7 Å². The minimum absolute atomic E-state index is 0.156. The zero-order chi connectivity index (χ0) is 17.6. The summed E-state index contributed by atoms with van der Waals surface area (Å²) < 4.78 is 7.55. The van der Waals surface area contributed by atoms with Crippen molar-refractivity contribution in [2.45, 2.75) is 13.0 Å². The summed E-state index contributed by atoms with van der Waals surface area (Å²) in [5.74, 6) is 0.617. The number of hydrogen-bond acceptors (Lipinski definition) is 3. The van der Waals surface area contributed by atoms with Gasteiger partial charge in [-0.25, -0.2) is 0 Å². The third-order valence-corrected chi connectivity index (χ3v) is 4.15. The Kier molecular flexibility index (Phi) is 5.14. The number of carbonyl (C=O) groups is 1. The fourth-order valence-corrected chi connectivity index (χ4v) is 2.56.